The second kappa shape index (κ2) is 5.25. The standard InChI is InChI=1S/C14H29N3/c1-14(2)11-17(10-9-16(14)4)13-7-5-12(15-3)6-8-13/h12-13,15H,5-11H2,1-4H3. The topological polar surface area (TPSA) is 18.5 Å². The van der Waals surface area contributed by atoms with Gasteiger partial charge < -0.3 is 5.32 Å². The predicted molar refractivity (Wildman–Crippen MR) is 73.4 cm³/mol. The molecule has 0 spiro atoms. The van der Waals surface area contributed by atoms with E-state index in [9.17, 15) is 0 Å². The summed E-state index contributed by atoms with van der Waals surface area (Å²) >= 11 is 0. The van der Waals surface area contributed by atoms with Crippen molar-refractivity contribution in [2.45, 2.75) is 57.2 Å². The van der Waals surface area contributed by atoms with Crippen molar-refractivity contribution in [3.63, 3.8) is 0 Å². The fourth-order valence-electron chi connectivity index (χ4n) is 3.32. The first kappa shape index (κ1) is 13.3. The Balaban J connectivity index is 1.87. The highest BCUT2D eigenvalue weighted by Crippen LogP contribution is 2.27. The Labute approximate surface area is 107 Å². The van der Waals surface area contributed by atoms with E-state index in [4.69, 9.17) is 0 Å². The van der Waals surface area contributed by atoms with Gasteiger partial charge in [-0.3, -0.25) is 9.80 Å². The molecular weight excluding hydrogens is 210 g/mol. The number of likely N-dealkylation sites (N-methyl/N-ethyl adjacent to an activating group) is 1. The van der Waals surface area contributed by atoms with Crippen molar-refractivity contribution >= 4 is 0 Å². The first-order valence-electron chi connectivity index (χ1n) is 7.15. The molecule has 1 heterocycles. The Hall–Kier alpha value is -0.120. The van der Waals surface area contributed by atoms with E-state index in [1.54, 1.807) is 0 Å². The maximum atomic E-state index is 3.42. The van der Waals surface area contributed by atoms with Crippen LogP contribution in [0.5, 0.6) is 0 Å². The fraction of sp³-hybridized carbons (Fsp3) is 1.00. The van der Waals surface area contributed by atoms with Crippen LogP contribution in [0.25, 0.3) is 0 Å². The molecule has 0 unspecified atom stereocenters. The number of hydrogen-bond acceptors (Lipinski definition) is 3. The van der Waals surface area contributed by atoms with Crippen LogP contribution in [0.4, 0.5) is 0 Å². The van der Waals surface area contributed by atoms with E-state index in [0.29, 0.717) is 5.54 Å². The van der Waals surface area contributed by atoms with Gasteiger partial charge in [0.25, 0.3) is 0 Å². The summed E-state index contributed by atoms with van der Waals surface area (Å²) in [6, 6.07) is 1.61. The average Bonchev–Trinajstić information content (AvgIpc) is 2.33. The largest absolute Gasteiger partial charge is 0.317 e. The van der Waals surface area contributed by atoms with E-state index >= 15 is 0 Å². The maximum absolute atomic E-state index is 3.42. The van der Waals surface area contributed by atoms with Crippen LogP contribution in [0.15, 0.2) is 0 Å². The second-order valence-electron chi connectivity index (χ2n) is 6.50. The van der Waals surface area contributed by atoms with Gasteiger partial charge in [0.1, 0.15) is 0 Å². The lowest BCUT2D eigenvalue weighted by molar-refractivity contribution is 0.00600. The Kier molecular flexibility index (Phi) is 4.11. The van der Waals surface area contributed by atoms with Gasteiger partial charge in [-0.05, 0) is 53.6 Å². The van der Waals surface area contributed by atoms with Crippen molar-refractivity contribution in [3.05, 3.63) is 0 Å². The molecule has 0 bridgehead atoms. The zero-order valence-electron chi connectivity index (χ0n) is 12.0. The van der Waals surface area contributed by atoms with Crippen molar-refractivity contribution in [3.8, 4) is 0 Å². The van der Waals surface area contributed by atoms with E-state index in [1.165, 1.54) is 45.3 Å². The third-order valence-corrected chi connectivity index (χ3v) is 4.97. The summed E-state index contributed by atoms with van der Waals surface area (Å²) in [6.45, 7) is 8.46. The van der Waals surface area contributed by atoms with Crippen LogP contribution in [-0.2, 0) is 0 Å². The molecule has 3 heteroatoms. The molecule has 3 nitrogen and oxygen atoms in total. The van der Waals surface area contributed by atoms with Gasteiger partial charge in [-0.25, -0.2) is 0 Å². The van der Waals surface area contributed by atoms with E-state index in [-0.39, 0.29) is 0 Å². The number of nitrogens with zero attached hydrogens (tertiary/aromatic N) is 2. The molecule has 2 fully saturated rings. The average molecular weight is 239 g/mol. The maximum Gasteiger partial charge on any atom is 0.0277 e. The number of rotatable bonds is 2. The fourth-order valence-corrected chi connectivity index (χ4v) is 3.32. The first-order valence-corrected chi connectivity index (χ1v) is 7.15. The molecule has 17 heavy (non-hydrogen) atoms. The minimum atomic E-state index is 0.345. The SMILES string of the molecule is CNC1CCC(N2CCN(C)C(C)(C)C2)CC1. The number of hydrogen-bond donors (Lipinski definition) is 1. The van der Waals surface area contributed by atoms with Crippen molar-refractivity contribution in [1.29, 1.82) is 0 Å². The molecule has 0 radical (unpaired) electrons. The summed E-state index contributed by atoms with van der Waals surface area (Å²) in [5, 5.41) is 3.42. The van der Waals surface area contributed by atoms with Crippen LogP contribution in [0.1, 0.15) is 39.5 Å². The van der Waals surface area contributed by atoms with Crippen LogP contribution in [0, 0.1) is 0 Å². The summed E-state index contributed by atoms with van der Waals surface area (Å²) < 4.78 is 0. The molecule has 0 atom stereocenters. The van der Waals surface area contributed by atoms with Gasteiger partial charge in [-0.15, -0.1) is 0 Å². The van der Waals surface area contributed by atoms with Gasteiger partial charge in [-0.1, -0.05) is 0 Å². The highest BCUT2D eigenvalue weighted by atomic mass is 15.3. The Morgan fingerprint density at radius 3 is 2.24 bits per heavy atom. The summed E-state index contributed by atoms with van der Waals surface area (Å²) in [7, 11) is 4.36. The highest BCUT2D eigenvalue weighted by molar-refractivity contribution is 4.92. The summed E-state index contributed by atoms with van der Waals surface area (Å²) in [4.78, 5) is 5.24. The van der Waals surface area contributed by atoms with Crippen molar-refractivity contribution in [1.82, 2.24) is 15.1 Å². The second-order valence-corrected chi connectivity index (χ2v) is 6.50. The molecule has 0 amide bonds. The normalized spacial score (nSPS) is 36.0. The first-order chi connectivity index (χ1) is 8.03. The van der Waals surface area contributed by atoms with Crippen LogP contribution in [-0.4, -0.2) is 61.2 Å². The number of piperazine rings is 1. The molecule has 0 aromatic heterocycles. The predicted octanol–water partition coefficient (Wildman–Crippen LogP) is 1.54. The molecule has 100 valence electrons. The third kappa shape index (κ3) is 3.01. The van der Waals surface area contributed by atoms with Crippen molar-refractivity contribution in [2.75, 3.05) is 33.7 Å². The smallest absolute Gasteiger partial charge is 0.0277 e. The van der Waals surface area contributed by atoms with Gasteiger partial charge in [-0.2, -0.15) is 0 Å². The summed E-state index contributed by atoms with van der Waals surface area (Å²) in [6.07, 6.45) is 5.47. The van der Waals surface area contributed by atoms with Gasteiger partial charge >= 0.3 is 0 Å². The molecule has 0 aromatic rings. The summed E-state index contributed by atoms with van der Waals surface area (Å²) in [5.74, 6) is 0. The molecule has 0 aromatic carbocycles. The molecule has 1 saturated heterocycles. The highest BCUT2D eigenvalue weighted by Gasteiger charge is 2.35. The van der Waals surface area contributed by atoms with Gasteiger partial charge in [0, 0.05) is 37.3 Å². The molecule has 2 rings (SSSR count). The monoisotopic (exact) mass is 239 g/mol. The van der Waals surface area contributed by atoms with Crippen LogP contribution < -0.4 is 5.32 Å². The van der Waals surface area contributed by atoms with Crippen molar-refractivity contribution < 1.29 is 0 Å². The van der Waals surface area contributed by atoms with Gasteiger partial charge in [0.05, 0.1) is 0 Å². The molecule has 1 aliphatic heterocycles. The Bertz CT molecular complexity index is 244. The van der Waals surface area contributed by atoms with E-state index in [1.807, 2.05) is 0 Å². The van der Waals surface area contributed by atoms with E-state index < -0.39 is 0 Å². The number of nitrogens with one attached hydrogen (secondary N) is 1. The third-order valence-electron chi connectivity index (χ3n) is 4.97. The Morgan fingerprint density at radius 1 is 1.06 bits per heavy atom. The lowest BCUT2D eigenvalue weighted by Gasteiger charge is -2.49. The summed E-state index contributed by atoms with van der Waals surface area (Å²) in [5.41, 5.74) is 0.345. The van der Waals surface area contributed by atoms with Crippen LogP contribution in [0.2, 0.25) is 0 Å². The van der Waals surface area contributed by atoms with Gasteiger partial charge in [0.15, 0.2) is 0 Å². The van der Waals surface area contributed by atoms with E-state index in [0.717, 1.165) is 12.1 Å². The Morgan fingerprint density at radius 2 is 1.71 bits per heavy atom. The van der Waals surface area contributed by atoms with Gasteiger partial charge in [0.2, 0.25) is 0 Å². The zero-order valence-corrected chi connectivity index (χ0v) is 12.0. The van der Waals surface area contributed by atoms with Crippen LogP contribution >= 0.6 is 0 Å². The molecular formula is C14H29N3. The quantitative estimate of drug-likeness (QED) is 0.788. The van der Waals surface area contributed by atoms with Crippen molar-refractivity contribution in [2.24, 2.45) is 0 Å². The molecule has 1 aliphatic carbocycles. The lowest BCUT2D eigenvalue weighted by atomic mass is 9.88. The molecule has 1 N–H and O–H groups in total. The molecule has 2 aliphatic rings. The van der Waals surface area contributed by atoms with Crippen LogP contribution in [0.3, 0.4) is 0 Å². The zero-order chi connectivity index (χ0) is 12.5. The van der Waals surface area contributed by atoms with E-state index in [2.05, 4.69) is 43.1 Å². The minimum absolute atomic E-state index is 0.345. The minimum Gasteiger partial charge on any atom is -0.317 e. The lowest BCUT2D eigenvalue weighted by Crippen LogP contribution is -2.60. The molecule has 1 saturated carbocycles.